The Morgan fingerprint density at radius 2 is 1.65 bits per heavy atom. The van der Waals surface area contributed by atoms with Crippen molar-refractivity contribution in [2.24, 2.45) is 21.7 Å². The topological polar surface area (TPSA) is 103 Å². The molecule has 0 fully saturated rings. The molecule has 0 aliphatic heterocycles. The van der Waals surface area contributed by atoms with Gasteiger partial charge >= 0.3 is 0 Å². The third-order valence-electron chi connectivity index (χ3n) is 2.58. The smallest absolute Gasteiger partial charge is 0.211 e. The summed E-state index contributed by atoms with van der Waals surface area (Å²) < 4.78 is 0. The summed E-state index contributed by atoms with van der Waals surface area (Å²) in [5.74, 6) is -0.126. The van der Waals surface area contributed by atoms with Crippen LogP contribution in [0.4, 0.5) is 5.69 Å². The van der Waals surface area contributed by atoms with Crippen molar-refractivity contribution in [2.45, 2.75) is 0 Å². The standard InChI is InChI=1S/C14H14ClN5/c15-10-6-7-12(16)11(8-10)13(19-20-14(17)18)9-4-2-1-3-5-9/h1-8H,16H2,(H4,17,18,20)/b19-13+. The van der Waals surface area contributed by atoms with E-state index in [1.165, 1.54) is 0 Å². The molecule has 0 unspecified atom stereocenters. The third-order valence-corrected chi connectivity index (χ3v) is 2.82. The first-order chi connectivity index (χ1) is 9.58. The van der Waals surface area contributed by atoms with E-state index in [2.05, 4.69) is 10.2 Å². The summed E-state index contributed by atoms with van der Waals surface area (Å²) >= 11 is 6.02. The Morgan fingerprint density at radius 3 is 2.30 bits per heavy atom. The largest absolute Gasteiger partial charge is 0.398 e. The van der Waals surface area contributed by atoms with Crippen LogP contribution >= 0.6 is 11.6 Å². The van der Waals surface area contributed by atoms with Crippen molar-refractivity contribution >= 4 is 29.0 Å². The summed E-state index contributed by atoms with van der Waals surface area (Å²) in [6.45, 7) is 0. The van der Waals surface area contributed by atoms with Crippen molar-refractivity contribution in [2.75, 3.05) is 5.73 Å². The second-order valence-electron chi connectivity index (χ2n) is 4.07. The summed E-state index contributed by atoms with van der Waals surface area (Å²) in [6, 6.07) is 14.6. The molecular formula is C14H14ClN5. The Morgan fingerprint density at radius 1 is 0.950 bits per heavy atom. The lowest BCUT2D eigenvalue weighted by atomic mass is 10.0. The maximum atomic E-state index is 6.02. The fourth-order valence-electron chi connectivity index (χ4n) is 1.70. The van der Waals surface area contributed by atoms with Gasteiger partial charge in [-0.2, -0.15) is 0 Å². The summed E-state index contributed by atoms with van der Waals surface area (Å²) in [6.07, 6.45) is 0. The van der Waals surface area contributed by atoms with Crippen LogP contribution in [-0.4, -0.2) is 11.7 Å². The summed E-state index contributed by atoms with van der Waals surface area (Å²) in [4.78, 5) is 0. The fraction of sp³-hybridized carbons (Fsp3) is 0. The van der Waals surface area contributed by atoms with Crippen molar-refractivity contribution in [3.63, 3.8) is 0 Å². The normalized spacial score (nSPS) is 11.2. The van der Waals surface area contributed by atoms with Crippen LogP contribution in [0.1, 0.15) is 11.1 Å². The molecule has 0 radical (unpaired) electrons. The lowest BCUT2D eigenvalue weighted by molar-refractivity contribution is 1.20. The van der Waals surface area contributed by atoms with Gasteiger partial charge in [-0.15, -0.1) is 10.2 Å². The van der Waals surface area contributed by atoms with Crippen LogP contribution in [-0.2, 0) is 0 Å². The van der Waals surface area contributed by atoms with Gasteiger partial charge in [-0.25, -0.2) is 0 Å². The second kappa shape index (κ2) is 6.08. The molecule has 20 heavy (non-hydrogen) atoms. The van der Waals surface area contributed by atoms with Gasteiger partial charge in [0, 0.05) is 21.8 Å². The van der Waals surface area contributed by atoms with E-state index in [1.54, 1.807) is 18.2 Å². The lowest BCUT2D eigenvalue weighted by Crippen LogP contribution is -2.22. The summed E-state index contributed by atoms with van der Waals surface area (Å²) in [5.41, 5.74) is 19.3. The number of rotatable bonds is 3. The first-order valence-electron chi connectivity index (χ1n) is 5.85. The van der Waals surface area contributed by atoms with Crippen LogP contribution in [0.15, 0.2) is 58.7 Å². The van der Waals surface area contributed by atoms with Crippen molar-refractivity contribution < 1.29 is 0 Å². The lowest BCUT2D eigenvalue weighted by Gasteiger charge is -2.09. The van der Waals surface area contributed by atoms with Crippen LogP contribution in [0.3, 0.4) is 0 Å². The van der Waals surface area contributed by atoms with E-state index >= 15 is 0 Å². The highest BCUT2D eigenvalue weighted by Gasteiger charge is 2.11. The number of halogens is 1. The Hall–Kier alpha value is -2.53. The Kier molecular flexibility index (Phi) is 4.22. The maximum Gasteiger partial charge on any atom is 0.211 e. The van der Waals surface area contributed by atoms with Gasteiger partial charge in [0.2, 0.25) is 5.96 Å². The van der Waals surface area contributed by atoms with Crippen molar-refractivity contribution in [1.82, 2.24) is 0 Å². The number of nitrogen functional groups attached to an aromatic ring is 1. The van der Waals surface area contributed by atoms with E-state index in [9.17, 15) is 0 Å². The van der Waals surface area contributed by atoms with Gasteiger partial charge in [0.05, 0.1) is 0 Å². The molecule has 6 heteroatoms. The zero-order valence-corrected chi connectivity index (χ0v) is 11.4. The number of guanidine groups is 1. The molecule has 0 amide bonds. The molecule has 0 heterocycles. The molecule has 102 valence electrons. The predicted octanol–water partition coefficient (Wildman–Crippen LogP) is 1.95. The van der Waals surface area contributed by atoms with Gasteiger partial charge in [-0.3, -0.25) is 0 Å². The minimum atomic E-state index is -0.126. The highest BCUT2D eigenvalue weighted by Crippen LogP contribution is 2.22. The summed E-state index contributed by atoms with van der Waals surface area (Å²) in [7, 11) is 0. The Labute approximate surface area is 121 Å². The van der Waals surface area contributed by atoms with E-state index in [-0.39, 0.29) is 5.96 Å². The molecule has 0 saturated carbocycles. The maximum absolute atomic E-state index is 6.02. The highest BCUT2D eigenvalue weighted by molar-refractivity contribution is 6.31. The fourth-order valence-corrected chi connectivity index (χ4v) is 1.88. The quantitative estimate of drug-likeness (QED) is 0.348. The highest BCUT2D eigenvalue weighted by atomic mass is 35.5. The number of anilines is 1. The van der Waals surface area contributed by atoms with Crippen LogP contribution in [0.25, 0.3) is 0 Å². The Balaban J connectivity index is 2.61. The zero-order valence-electron chi connectivity index (χ0n) is 10.6. The van der Waals surface area contributed by atoms with Crippen LogP contribution in [0.2, 0.25) is 5.02 Å². The molecule has 0 bridgehead atoms. The average molecular weight is 288 g/mol. The molecule has 2 aromatic carbocycles. The number of benzene rings is 2. The van der Waals surface area contributed by atoms with Crippen molar-refractivity contribution in [1.29, 1.82) is 0 Å². The molecule has 0 atom stereocenters. The average Bonchev–Trinajstić information content (AvgIpc) is 2.43. The zero-order chi connectivity index (χ0) is 14.5. The van der Waals surface area contributed by atoms with Gasteiger partial charge < -0.3 is 17.2 Å². The minimum absolute atomic E-state index is 0.126. The molecule has 0 aromatic heterocycles. The third kappa shape index (κ3) is 3.27. The first kappa shape index (κ1) is 13.9. The molecular weight excluding hydrogens is 274 g/mol. The molecule has 2 rings (SSSR count). The van der Waals surface area contributed by atoms with E-state index in [0.717, 1.165) is 5.56 Å². The van der Waals surface area contributed by atoms with Crippen LogP contribution in [0, 0.1) is 0 Å². The van der Waals surface area contributed by atoms with Crippen LogP contribution in [0.5, 0.6) is 0 Å². The molecule has 0 aliphatic carbocycles. The van der Waals surface area contributed by atoms with Crippen molar-refractivity contribution in [3.8, 4) is 0 Å². The predicted molar refractivity (Wildman–Crippen MR) is 83.8 cm³/mol. The number of nitrogens with two attached hydrogens (primary N) is 3. The molecule has 0 spiro atoms. The number of hydrogen-bond acceptors (Lipinski definition) is 3. The molecule has 6 N–H and O–H groups in total. The second-order valence-corrected chi connectivity index (χ2v) is 4.51. The van der Waals surface area contributed by atoms with Crippen LogP contribution < -0.4 is 17.2 Å². The number of hydrogen-bond donors (Lipinski definition) is 3. The van der Waals surface area contributed by atoms with Gasteiger partial charge in [0.25, 0.3) is 0 Å². The van der Waals surface area contributed by atoms with Gasteiger partial charge in [0.1, 0.15) is 5.71 Å². The van der Waals surface area contributed by atoms with E-state index in [4.69, 9.17) is 28.8 Å². The van der Waals surface area contributed by atoms with Gasteiger partial charge in [-0.1, -0.05) is 41.9 Å². The first-order valence-corrected chi connectivity index (χ1v) is 6.23. The molecule has 0 saturated heterocycles. The SMILES string of the molecule is NC(N)=N/N=C(\c1ccccc1)c1cc(Cl)ccc1N. The van der Waals surface area contributed by atoms with Crippen molar-refractivity contribution in [3.05, 3.63) is 64.7 Å². The minimum Gasteiger partial charge on any atom is -0.398 e. The van der Waals surface area contributed by atoms with E-state index < -0.39 is 0 Å². The Bertz CT molecular complexity index is 661. The molecule has 5 nitrogen and oxygen atoms in total. The van der Waals surface area contributed by atoms with Gasteiger partial charge in [0.15, 0.2) is 0 Å². The monoisotopic (exact) mass is 287 g/mol. The summed E-state index contributed by atoms with van der Waals surface area (Å²) in [5, 5.41) is 8.35. The van der Waals surface area contributed by atoms with E-state index in [1.807, 2.05) is 30.3 Å². The van der Waals surface area contributed by atoms with E-state index in [0.29, 0.717) is 22.0 Å². The molecule has 0 aliphatic rings. The molecule has 2 aromatic rings. The van der Waals surface area contributed by atoms with Gasteiger partial charge in [-0.05, 0) is 18.2 Å². The number of nitrogens with zero attached hydrogens (tertiary/aromatic N) is 2.